The lowest BCUT2D eigenvalue weighted by molar-refractivity contribution is -0.922. The minimum atomic E-state index is 0.769. The number of rotatable bonds is 5. The Morgan fingerprint density at radius 3 is 2.65 bits per heavy atom. The van der Waals surface area contributed by atoms with E-state index in [0.29, 0.717) is 0 Å². The third kappa shape index (κ3) is 3.72. The number of anilines is 1. The number of benzene rings is 1. The van der Waals surface area contributed by atoms with E-state index in [0.717, 1.165) is 55.9 Å². The van der Waals surface area contributed by atoms with Crippen LogP contribution in [-0.2, 0) is 17.8 Å². The lowest BCUT2D eigenvalue weighted by atomic mass is 10.2. The molecule has 2 N–H and O–H groups in total. The molecule has 2 aromatic heterocycles. The van der Waals surface area contributed by atoms with Crippen LogP contribution in [0.2, 0.25) is 0 Å². The Balaban J connectivity index is 1.64. The van der Waals surface area contributed by atoms with Crippen LogP contribution in [0.5, 0.6) is 0 Å². The van der Waals surface area contributed by atoms with Gasteiger partial charge in [0.1, 0.15) is 30.3 Å². The SMILES string of the molecule is Cc1sc2nc(C[NH+]3CCOCC3)nc(NCc3ccccc3)c2c1C. The quantitative estimate of drug-likeness (QED) is 0.725. The van der Waals surface area contributed by atoms with Crippen molar-refractivity contribution in [3.8, 4) is 0 Å². The van der Waals surface area contributed by atoms with Gasteiger partial charge >= 0.3 is 0 Å². The molecule has 6 heteroatoms. The van der Waals surface area contributed by atoms with Crippen LogP contribution < -0.4 is 10.2 Å². The van der Waals surface area contributed by atoms with Crippen molar-refractivity contribution in [2.24, 2.45) is 0 Å². The number of quaternary nitrogens is 1. The number of ether oxygens (including phenoxy) is 1. The maximum absolute atomic E-state index is 5.47. The molecule has 3 aromatic rings. The number of morpholine rings is 1. The fraction of sp³-hybridized carbons (Fsp3) is 0.400. The smallest absolute Gasteiger partial charge is 0.187 e. The third-order valence-corrected chi connectivity index (χ3v) is 6.09. The number of aromatic nitrogens is 2. The van der Waals surface area contributed by atoms with Crippen LogP contribution in [0.1, 0.15) is 21.8 Å². The summed E-state index contributed by atoms with van der Waals surface area (Å²) >= 11 is 1.77. The molecule has 4 rings (SSSR count). The van der Waals surface area contributed by atoms with Crippen LogP contribution in [0.4, 0.5) is 5.82 Å². The number of thiophene rings is 1. The summed E-state index contributed by atoms with van der Waals surface area (Å²) in [4.78, 5) is 13.7. The van der Waals surface area contributed by atoms with E-state index in [2.05, 4.69) is 43.4 Å². The van der Waals surface area contributed by atoms with Crippen molar-refractivity contribution in [3.63, 3.8) is 0 Å². The van der Waals surface area contributed by atoms with Gasteiger partial charge in [-0.2, -0.15) is 0 Å². The summed E-state index contributed by atoms with van der Waals surface area (Å²) in [6.45, 7) is 9.66. The summed E-state index contributed by atoms with van der Waals surface area (Å²) in [7, 11) is 0. The van der Waals surface area contributed by atoms with E-state index in [-0.39, 0.29) is 0 Å². The Labute approximate surface area is 158 Å². The molecular weight excluding hydrogens is 344 g/mol. The molecule has 0 aliphatic carbocycles. The van der Waals surface area contributed by atoms with Gasteiger partial charge in [0, 0.05) is 11.4 Å². The van der Waals surface area contributed by atoms with Crippen LogP contribution in [0.3, 0.4) is 0 Å². The Kier molecular flexibility index (Phi) is 5.15. The van der Waals surface area contributed by atoms with E-state index >= 15 is 0 Å². The van der Waals surface area contributed by atoms with Gasteiger partial charge < -0.3 is 15.0 Å². The largest absolute Gasteiger partial charge is 0.370 e. The molecule has 1 saturated heterocycles. The molecule has 136 valence electrons. The van der Waals surface area contributed by atoms with Gasteiger partial charge in [-0.25, -0.2) is 9.97 Å². The highest BCUT2D eigenvalue weighted by Crippen LogP contribution is 2.33. The molecule has 0 atom stereocenters. The lowest BCUT2D eigenvalue weighted by Crippen LogP contribution is -3.12. The second kappa shape index (κ2) is 7.70. The predicted molar refractivity (Wildman–Crippen MR) is 106 cm³/mol. The molecule has 0 saturated carbocycles. The maximum Gasteiger partial charge on any atom is 0.187 e. The molecule has 0 spiro atoms. The molecule has 1 aromatic carbocycles. The summed E-state index contributed by atoms with van der Waals surface area (Å²) in [5.74, 6) is 1.88. The van der Waals surface area contributed by atoms with E-state index < -0.39 is 0 Å². The number of hydrogen-bond donors (Lipinski definition) is 2. The van der Waals surface area contributed by atoms with Gasteiger partial charge in [0.25, 0.3) is 0 Å². The summed E-state index contributed by atoms with van der Waals surface area (Å²) in [5, 5.41) is 4.73. The van der Waals surface area contributed by atoms with E-state index in [9.17, 15) is 0 Å². The molecular formula is C20H25N4OS+. The van der Waals surface area contributed by atoms with Crippen LogP contribution in [-0.4, -0.2) is 36.3 Å². The fourth-order valence-electron chi connectivity index (χ4n) is 3.34. The molecule has 1 aliphatic rings. The molecule has 5 nitrogen and oxygen atoms in total. The zero-order valence-electron chi connectivity index (χ0n) is 15.3. The van der Waals surface area contributed by atoms with Gasteiger partial charge in [-0.1, -0.05) is 30.3 Å². The molecule has 3 heterocycles. The second-order valence-electron chi connectivity index (χ2n) is 6.83. The monoisotopic (exact) mass is 369 g/mol. The fourth-order valence-corrected chi connectivity index (χ4v) is 4.39. The van der Waals surface area contributed by atoms with Crippen molar-refractivity contribution in [1.29, 1.82) is 0 Å². The van der Waals surface area contributed by atoms with E-state index in [1.807, 2.05) is 6.07 Å². The molecule has 0 radical (unpaired) electrons. The first kappa shape index (κ1) is 17.4. The molecule has 0 bridgehead atoms. The Bertz CT molecular complexity index is 888. The zero-order valence-corrected chi connectivity index (χ0v) is 16.2. The molecule has 0 amide bonds. The van der Waals surface area contributed by atoms with Gasteiger partial charge in [-0.3, -0.25) is 0 Å². The van der Waals surface area contributed by atoms with Gasteiger partial charge in [-0.05, 0) is 25.0 Å². The first-order valence-corrected chi connectivity index (χ1v) is 9.98. The predicted octanol–water partition coefficient (Wildman–Crippen LogP) is 2.34. The number of aryl methyl sites for hydroxylation is 2. The van der Waals surface area contributed by atoms with Crippen molar-refractivity contribution < 1.29 is 9.64 Å². The normalized spacial score (nSPS) is 15.5. The summed E-state index contributed by atoms with van der Waals surface area (Å²) in [6, 6.07) is 10.5. The van der Waals surface area contributed by atoms with Crippen LogP contribution in [0, 0.1) is 13.8 Å². The number of nitrogens with one attached hydrogen (secondary N) is 2. The topological polar surface area (TPSA) is 51.5 Å². The van der Waals surface area contributed by atoms with E-state index in [1.54, 1.807) is 11.3 Å². The van der Waals surface area contributed by atoms with Gasteiger partial charge in [-0.15, -0.1) is 11.3 Å². The molecule has 0 unspecified atom stereocenters. The first-order valence-electron chi connectivity index (χ1n) is 9.16. The number of nitrogens with zero attached hydrogens (tertiary/aromatic N) is 2. The average Bonchev–Trinajstić information content (AvgIpc) is 2.95. The standard InChI is InChI=1S/C20H24N4OS/c1-14-15(2)26-20-18(14)19(21-12-16-6-4-3-5-7-16)22-17(23-20)13-24-8-10-25-11-9-24/h3-7H,8-13H2,1-2H3,(H,21,22,23)/p+1. The van der Waals surface area contributed by atoms with Gasteiger partial charge in [0.05, 0.1) is 18.6 Å². The van der Waals surface area contributed by atoms with Crippen molar-refractivity contribution in [3.05, 3.63) is 52.2 Å². The van der Waals surface area contributed by atoms with Crippen LogP contribution >= 0.6 is 11.3 Å². The first-order chi connectivity index (χ1) is 12.7. The number of fused-ring (bicyclic) bond motifs is 1. The number of hydrogen-bond acceptors (Lipinski definition) is 5. The summed E-state index contributed by atoms with van der Waals surface area (Å²) in [5.41, 5.74) is 2.54. The third-order valence-electron chi connectivity index (χ3n) is 4.99. The van der Waals surface area contributed by atoms with Crippen molar-refractivity contribution in [1.82, 2.24) is 9.97 Å². The minimum Gasteiger partial charge on any atom is -0.370 e. The van der Waals surface area contributed by atoms with Crippen LogP contribution in [0.15, 0.2) is 30.3 Å². The highest BCUT2D eigenvalue weighted by Gasteiger charge is 2.19. The molecule has 1 aliphatic heterocycles. The molecule has 1 fully saturated rings. The van der Waals surface area contributed by atoms with Crippen LogP contribution in [0.25, 0.3) is 10.2 Å². The highest BCUT2D eigenvalue weighted by molar-refractivity contribution is 7.18. The van der Waals surface area contributed by atoms with Crippen molar-refractivity contribution >= 4 is 27.4 Å². The maximum atomic E-state index is 5.47. The van der Waals surface area contributed by atoms with E-state index in [4.69, 9.17) is 14.7 Å². The summed E-state index contributed by atoms with van der Waals surface area (Å²) < 4.78 is 5.47. The minimum absolute atomic E-state index is 0.769. The van der Waals surface area contributed by atoms with Crippen molar-refractivity contribution in [2.75, 3.05) is 31.6 Å². The Morgan fingerprint density at radius 2 is 1.88 bits per heavy atom. The van der Waals surface area contributed by atoms with E-state index in [1.165, 1.54) is 26.3 Å². The lowest BCUT2D eigenvalue weighted by Gasteiger charge is -2.23. The second-order valence-corrected chi connectivity index (χ2v) is 8.03. The zero-order chi connectivity index (χ0) is 17.9. The van der Waals surface area contributed by atoms with Gasteiger partial charge in [0.2, 0.25) is 0 Å². The Hall–Kier alpha value is -2.02. The highest BCUT2D eigenvalue weighted by atomic mass is 32.1. The summed E-state index contributed by atoms with van der Waals surface area (Å²) in [6.07, 6.45) is 0. The van der Waals surface area contributed by atoms with Crippen molar-refractivity contribution in [2.45, 2.75) is 26.9 Å². The molecule has 26 heavy (non-hydrogen) atoms. The van der Waals surface area contributed by atoms with Gasteiger partial charge in [0.15, 0.2) is 5.82 Å². The average molecular weight is 370 g/mol. The Morgan fingerprint density at radius 1 is 1.12 bits per heavy atom.